The SMILES string of the molecule is CC(C)(C)CC(=O)NCC(=O)N1N=C(c2cccs2)C[C@H]1c1ccccc1. The fourth-order valence-electron chi connectivity index (χ4n) is 3.07. The first kappa shape index (κ1) is 19.3. The first-order valence-corrected chi connectivity index (χ1v) is 9.96. The summed E-state index contributed by atoms with van der Waals surface area (Å²) >= 11 is 1.62. The molecule has 0 bridgehead atoms. The Morgan fingerprint density at radius 1 is 1.19 bits per heavy atom. The van der Waals surface area contributed by atoms with Gasteiger partial charge < -0.3 is 5.32 Å². The van der Waals surface area contributed by atoms with Gasteiger partial charge in [0.25, 0.3) is 5.91 Å². The van der Waals surface area contributed by atoms with Gasteiger partial charge in [-0.25, -0.2) is 5.01 Å². The number of carbonyl (C=O) groups excluding carboxylic acids is 2. The van der Waals surface area contributed by atoms with Crippen molar-refractivity contribution in [2.24, 2.45) is 10.5 Å². The summed E-state index contributed by atoms with van der Waals surface area (Å²) in [4.78, 5) is 26.0. The van der Waals surface area contributed by atoms with Gasteiger partial charge in [-0.05, 0) is 22.4 Å². The second kappa shape index (κ2) is 8.05. The average Bonchev–Trinajstić information content (AvgIpc) is 3.28. The molecule has 142 valence electrons. The van der Waals surface area contributed by atoms with Crippen LogP contribution < -0.4 is 5.32 Å². The summed E-state index contributed by atoms with van der Waals surface area (Å²) < 4.78 is 0. The quantitative estimate of drug-likeness (QED) is 0.849. The Balaban J connectivity index is 1.74. The molecule has 0 fully saturated rings. The Bertz CT molecular complexity index is 823. The first-order chi connectivity index (χ1) is 12.8. The number of hydrogen-bond acceptors (Lipinski definition) is 4. The van der Waals surface area contributed by atoms with Gasteiger partial charge in [0.15, 0.2) is 0 Å². The predicted molar refractivity (Wildman–Crippen MR) is 109 cm³/mol. The summed E-state index contributed by atoms with van der Waals surface area (Å²) in [6.45, 7) is 5.95. The van der Waals surface area contributed by atoms with Crippen LogP contribution >= 0.6 is 11.3 Å². The van der Waals surface area contributed by atoms with Crippen molar-refractivity contribution in [1.29, 1.82) is 0 Å². The summed E-state index contributed by atoms with van der Waals surface area (Å²) in [5.74, 6) is -0.313. The number of rotatable bonds is 5. The van der Waals surface area contributed by atoms with Gasteiger partial charge in [-0.3, -0.25) is 9.59 Å². The van der Waals surface area contributed by atoms with E-state index in [0.717, 1.165) is 16.2 Å². The topological polar surface area (TPSA) is 61.8 Å². The van der Waals surface area contributed by atoms with E-state index in [1.54, 1.807) is 11.3 Å². The molecule has 1 aromatic heterocycles. The largest absolute Gasteiger partial charge is 0.347 e. The van der Waals surface area contributed by atoms with Crippen molar-refractivity contribution in [2.45, 2.75) is 39.7 Å². The molecular formula is C21H25N3O2S. The van der Waals surface area contributed by atoms with Crippen molar-refractivity contribution in [3.63, 3.8) is 0 Å². The third-order valence-electron chi connectivity index (χ3n) is 4.28. The van der Waals surface area contributed by atoms with Crippen molar-refractivity contribution < 1.29 is 9.59 Å². The fraction of sp³-hybridized carbons (Fsp3) is 0.381. The molecule has 1 aromatic carbocycles. The summed E-state index contributed by atoms with van der Waals surface area (Å²) in [5.41, 5.74) is 1.84. The van der Waals surface area contributed by atoms with Crippen LogP contribution in [0.3, 0.4) is 0 Å². The minimum absolute atomic E-state index is 0.0422. The molecule has 1 N–H and O–H groups in total. The molecule has 0 radical (unpaired) electrons. The average molecular weight is 384 g/mol. The van der Waals surface area contributed by atoms with Crippen LogP contribution in [0.2, 0.25) is 0 Å². The van der Waals surface area contributed by atoms with E-state index in [2.05, 4.69) is 10.4 Å². The Labute approximate surface area is 164 Å². The zero-order valence-electron chi connectivity index (χ0n) is 15.9. The third-order valence-corrected chi connectivity index (χ3v) is 5.20. The molecule has 0 unspecified atom stereocenters. The van der Waals surface area contributed by atoms with Crippen LogP contribution in [0.1, 0.15) is 50.1 Å². The molecule has 0 aliphatic carbocycles. The summed E-state index contributed by atoms with van der Waals surface area (Å²) in [6.07, 6.45) is 1.05. The first-order valence-electron chi connectivity index (χ1n) is 9.08. The minimum Gasteiger partial charge on any atom is -0.347 e. The van der Waals surface area contributed by atoms with Crippen LogP contribution in [0.5, 0.6) is 0 Å². The summed E-state index contributed by atoms with van der Waals surface area (Å²) in [7, 11) is 0. The zero-order chi connectivity index (χ0) is 19.4. The fourth-order valence-corrected chi connectivity index (χ4v) is 3.79. The van der Waals surface area contributed by atoms with Gasteiger partial charge in [-0.15, -0.1) is 11.3 Å². The molecule has 0 spiro atoms. The number of nitrogens with one attached hydrogen (secondary N) is 1. The number of hydrazone groups is 1. The Kier molecular flexibility index (Phi) is 5.75. The van der Waals surface area contributed by atoms with Gasteiger partial charge in [0, 0.05) is 12.8 Å². The maximum Gasteiger partial charge on any atom is 0.262 e. The molecule has 5 nitrogen and oxygen atoms in total. The van der Waals surface area contributed by atoms with E-state index in [0.29, 0.717) is 12.8 Å². The summed E-state index contributed by atoms with van der Waals surface area (Å²) in [6, 6.07) is 13.8. The molecule has 27 heavy (non-hydrogen) atoms. The number of amides is 2. The van der Waals surface area contributed by atoms with Gasteiger partial charge in [-0.2, -0.15) is 5.10 Å². The number of benzene rings is 1. The standard InChI is InChI=1S/C21H25N3O2S/c1-21(2,3)13-19(25)22-14-20(26)24-17(15-8-5-4-6-9-15)12-16(23-24)18-10-7-11-27-18/h4-11,17H,12-14H2,1-3H3,(H,22,25)/t17-/m0/s1. The second-order valence-corrected chi connectivity index (χ2v) is 8.85. The second-order valence-electron chi connectivity index (χ2n) is 7.91. The molecule has 0 saturated carbocycles. The lowest BCUT2D eigenvalue weighted by molar-refractivity contribution is -0.134. The van der Waals surface area contributed by atoms with Crippen LogP contribution in [-0.2, 0) is 9.59 Å². The highest BCUT2D eigenvalue weighted by Crippen LogP contribution is 2.33. The van der Waals surface area contributed by atoms with E-state index in [1.807, 2.05) is 68.6 Å². The van der Waals surface area contributed by atoms with Gasteiger partial charge in [0.2, 0.25) is 5.91 Å². The van der Waals surface area contributed by atoms with E-state index >= 15 is 0 Å². The minimum atomic E-state index is -0.197. The lowest BCUT2D eigenvalue weighted by Crippen LogP contribution is -2.38. The maximum absolute atomic E-state index is 12.8. The molecule has 2 amide bonds. The molecule has 6 heteroatoms. The van der Waals surface area contributed by atoms with Gasteiger partial charge in [-0.1, -0.05) is 57.2 Å². The maximum atomic E-state index is 12.8. The van der Waals surface area contributed by atoms with Crippen LogP contribution in [0.4, 0.5) is 0 Å². The molecule has 1 aliphatic rings. The lowest BCUT2D eigenvalue weighted by Gasteiger charge is -2.23. The molecule has 1 aliphatic heterocycles. The van der Waals surface area contributed by atoms with Crippen LogP contribution in [0, 0.1) is 5.41 Å². The van der Waals surface area contributed by atoms with Crippen molar-refractivity contribution in [2.75, 3.05) is 6.54 Å². The van der Waals surface area contributed by atoms with Crippen molar-refractivity contribution in [3.8, 4) is 0 Å². The number of carbonyl (C=O) groups is 2. The highest BCUT2D eigenvalue weighted by atomic mass is 32.1. The van der Waals surface area contributed by atoms with Crippen molar-refractivity contribution >= 4 is 28.9 Å². The number of nitrogens with zero attached hydrogens (tertiary/aromatic N) is 2. The van der Waals surface area contributed by atoms with E-state index in [4.69, 9.17) is 0 Å². The normalized spacial score (nSPS) is 16.9. The van der Waals surface area contributed by atoms with Crippen LogP contribution in [0.15, 0.2) is 52.9 Å². The van der Waals surface area contributed by atoms with Crippen LogP contribution in [-0.4, -0.2) is 29.1 Å². The van der Waals surface area contributed by atoms with Crippen molar-refractivity contribution in [3.05, 3.63) is 58.3 Å². The van der Waals surface area contributed by atoms with Crippen molar-refractivity contribution in [1.82, 2.24) is 10.3 Å². The molecule has 0 saturated heterocycles. The van der Waals surface area contributed by atoms with E-state index in [-0.39, 0.29) is 29.8 Å². The molecule has 1 atom stereocenters. The number of thiophene rings is 1. The highest BCUT2D eigenvalue weighted by molar-refractivity contribution is 7.12. The zero-order valence-corrected chi connectivity index (χ0v) is 16.8. The lowest BCUT2D eigenvalue weighted by atomic mass is 9.92. The third kappa shape index (κ3) is 5.04. The van der Waals surface area contributed by atoms with E-state index < -0.39 is 0 Å². The van der Waals surface area contributed by atoms with Gasteiger partial charge in [0.1, 0.15) is 0 Å². The monoisotopic (exact) mass is 383 g/mol. The smallest absolute Gasteiger partial charge is 0.262 e. The highest BCUT2D eigenvalue weighted by Gasteiger charge is 2.33. The Morgan fingerprint density at radius 3 is 2.56 bits per heavy atom. The summed E-state index contributed by atoms with van der Waals surface area (Å²) in [5, 5.41) is 10.9. The molecular weight excluding hydrogens is 358 g/mol. The molecule has 3 rings (SSSR count). The van der Waals surface area contributed by atoms with E-state index in [9.17, 15) is 9.59 Å². The van der Waals surface area contributed by atoms with Gasteiger partial charge >= 0.3 is 0 Å². The predicted octanol–water partition coefficient (Wildman–Crippen LogP) is 3.98. The molecule has 2 aromatic rings. The van der Waals surface area contributed by atoms with E-state index in [1.165, 1.54) is 5.01 Å². The Morgan fingerprint density at radius 2 is 1.93 bits per heavy atom. The Hall–Kier alpha value is -2.47. The number of hydrogen-bond donors (Lipinski definition) is 1. The van der Waals surface area contributed by atoms with Crippen LogP contribution in [0.25, 0.3) is 0 Å². The van der Waals surface area contributed by atoms with Gasteiger partial charge in [0.05, 0.1) is 23.2 Å². The molecule has 2 heterocycles.